The Morgan fingerprint density at radius 3 is 1.78 bits per heavy atom. The summed E-state index contributed by atoms with van der Waals surface area (Å²) >= 11 is 0. The van der Waals surface area contributed by atoms with Gasteiger partial charge in [0.15, 0.2) is 0 Å². The SMILES string of the molecule is CC(=O)O.CC(=O)O.O=C(O)CC1O[C@H](COC(=O)c2ccccc2)[C@@H](F)[C@H]1CC(=O)O. The van der Waals surface area contributed by atoms with E-state index in [4.69, 9.17) is 39.5 Å². The number of carboxylic acids is 4. The molecule has 0 aliphatic carbocycles. The molecule has 0 bridgehead atoms. The zero-order valence-corrected chi connectivity index (χ0v) is 17.3. The minimum absolute atomic E-state index is 0.287. The quantitative estimate of drug-likeness (QED) is 0.434. The summed E-state index contributed by atoms with van der Waals surface area (Å²) in [4.78, 5) is 51.5. The predicted molar refractivity (Wildman–Crippen MR) is 105 cm³/mol. The molecule has 12 heteroatoms. The maximum atomic E-state index is 14.4. The average molecular weight is 460 g/mol. The third-order valence-electron chi connectivity index (χ3n) is 3.77. The zero-order valence-electron chi connectivity index (χ0n) is 17.3. The number of carbonyl (C=O) groups is 5. The number of aliphatic carboxylic acids is 4. The van der Waals surface area contributed by atoms with Crippen LogP contribution in [0.25, 0.3) is 0 Å². The Labute approximate surface area is 182 Å². The van der Waals surface area contributed by atoms with Crippen LogP contribution in [0, 0.1) is 5.92 Å². The molecule has 1 saturated heterocycles. The summed E-state index contributed by atoms with van der Waals surface area (Å²) in [6, 6.07) is 8.08. The molecule has 1 aliphatic heterocycles. The molecule has 0 spiro atoms. The largest absolute Gasteiger partial charge is 0.481 e. The Morgan fingerprint density at radius 2 is 1.34 bits per heavy atom. The van der Waals surface area contributed by atoms with Crippen molar-refractivity contribution < 1.29 is 58.3 Å². The van der Waals surface area contributed by atoms with Crippen molar-refractivity contribution in [1.29, 1.82) is 0 Å². The lowest BCUT2D eigenvalue weighted by molar-refractivity contribution is -0.143. The molecule has 2 rings (SSSR count). The third-order valence-corrected chi connectivity index (χ3v) is 3.77. The van der Waals surface area contributed by atoms with Crippen molar-refractivity contribution in [3.8, 4) is 0 Å². The van der Waals surface area contributed by atoms with Crippen LogP contribution >= 0.6 is 0 Å². The summed E-state index contributed by atoms with van der Waals surface area (Å²) in [5.41, 5.74) is 0.287. The van der Waals surface area contributed by atoms with E-state index in [1.807, 2.05) is 0 Å². The van der Waals surface area contributed by atoms with Crippen molar-refractivity contribution >= 4 is 29.8 Å². The number of rotatable bonds is 7. The summed E-state index contributed by atoms with van der Waals surface area (Å²) in [7, 11) is 0. The lowest BCUT2D eigenvalue weighted by Crippen LogP contribution is -2.29. The van der Waals surface area contributed by atoms with Crippen LogP contribution in [-0.4, -0.2) is 75.3 Å². The van der Waals surface area contributed by atoms with Crippen LogP contribution in [0.5, 0.6) is 0 Å². The summed E-state index contributed by atoms with van der Waals surface area (Å²) in [6.07, 6.45) is -5.06. The number of hydrogen-bond donors (Lipinski definition) is 4. The van der Waals surface area contributed by atoms with Crippen LogP contribution in [0.1, 0.15) is 37.0 Å². The lowest BCUT2D eigenvalue weighted by atomic mass is 9.92. The van der Waals surface area contributed by atoms with E-state index in [0.717, 1.165) is 13.8 Å². The molecule has 0 aromatic heterocycles. The first kappa shape index (κ1) is 28.5. The lowest BCUT2D eigenvalue weighted by Gasteiger charge is -2.15. The molecule has 0 radical (unpaired) electrons. The Hall–Kier alpha value is -3.54. The van der Waals surface area contributed by atoms with Crippen molar-refractivity contribution in [3.05, 3.63) is 35.9 Å². The van der Waals surface area contributed by atoms with E-state index in [2.05, 4.69) is 0 Å². The molecular formula is C20H25FO11. The third kappa shape index (κ3) is 12.2. The minimum Gasteiger partial charge on any atom is -0.481 e. The smallest absolute Gasteiger partial charge is 0.338 e. The fourth-order valence-corrected chi connectivity index (χ4v) is 2.65. The minimum atomic E-state index is -1.73. The normalized spacial score (nSPS) is 21.1. The van der Waals surface area contributed by atoms with Gasteiger partial charge in [0.1, 0.15) is 18.9 Å². The van der Waals surface area contributed by atoms with E-state index in [9.17, 15) is 18.8 Å². The standard InChI is InChI=1S/C16H17FO7.2C2H4O2/c17-15-10(6-13(18)19)11(7-14(20)21)24-12(15)8-23-16(22)9-4-2-1-3-5-9;2*1-2(3)4/h1-5,10-12,15H,6-8H2,(H,18,19)(H,20,21);2*1H3,(H,3,4)/t10-,11?,12+,15-;;/m0../s1. The van der Waals surface area contributed by atoms with Crippen molar-refractivity contribution in [1.82, 2.24) is 0 Å². The van der Waals surface area contributed by atoms with Gasteiger partial charge in [0.25, 0.3) is 11.9 Å². The maximum Gasteiger partial charge on any atom is 0.338 e. The van der Waals surface area contributed by atoms with E-state index in [1.54, 1.807) is 18.2 Å². The number of esters is 1. The fourth-order valence-electron chi connectivity index (χ4n) is 2.65. The van der Waals surface area contributed by atoms with Crippen LogP contribution in [-0.2, 0) is 28.7 Å². The number of benzene rings is 1. The summed E-state index contributed by atoms with van der Waals surface area (Å²) in [5, 5.41) is 32.5. The van der Waals surface area contributed by atoms with Crippen molar-refractivity contribution in [2.75, 3.05) is 6.61 Å². The molecular weight excluding hydrogens is 435 g/mol. The van der Waals surface area contributed by atoms with Gasteiger partial charge in [0.05, 0.1) is 24.5 Å². The van der Waals surface area contributed by atoms with Gasteiger partial charge in [-0.15, -0.1) is 0 Å². The molecule has 1 unspecified atom stereocenters. The van der Waals surface area contributed by atoms with Gasteiger partial charge in [-0.25, -0.2) is 9.18 Å². The first-order chi connectivity index (χ1) is 14.8. The summed E-state index contributed by atoms with van der Waals surface area (Å²) in [5.74, 6) is -5.89. The number of alkyl halides is 1. The first-order valence-electron chi connectivity index (χ1n) is 9.19. The van der Waals surface area contributed by atoms with Gasteiger partial charge >= 0.3 is 17.9 Å². The van der Waals surface area contributed by atoms with Gasteiger partial charge in [-0.1, -0.05) is 18.2 Å². The van der Waals surface area contributed by atoms with Gasteiger partial charge in [0.2, 0.25) is 0 Å². The van der Waals surface area contributed by atoms with Crippen molar-refractivity contribution in [2.45, 2.75) is 45.1 Å². The molecule has 178 valence electrons. The molecule has 32 heavy (non-hydrogen) atoms. The van der Waals surface area contributed by atoms with Crippen molar-refractivity contribution in [2.24, 2.45) is 5.92 Å². The highest BCUT2D eigenvalue weighted by Gasteiger charge is 2.47. The highest BCUT2D eigenvalue weighted by molar-refractivity contribution is 5.89. The van der Waals surface area contributed by atoms with Crippen LogP contribution in [0.3, 0.4) is 0 Å². The Balaban J connectivity index is 0.00000104. The van der Waals surface area contributed by atoms with E-state index >= 15 is 0 Å². The topological polar surface area (TPSA) is 185 Å². The molecule has 0 amide bonds. The number of carbonyl (C=O) groups excluding carboxylic acids is 1. The molecule has 1 aliphatic rings. The van der Waals surface area contributed by atoms with E-state index in [-0.39, 0.29) is 5.56 Å². The van der Waals surface area contributed by atoms with Crippen LogP contribution in [0.2, 0.25) is 0 Å². The van der Waals surface area contributed by atoms with E-state index in [0.29, 0.717) is 0 Å². The molecule has 11 nitrogen and oxygen atoms in total. The van der Waals surface area contributed by atoms with Crippen LogP contribution in [0.15, 0.2) is 30.3 Å². The second-order valence-corrected chi connectivity index (χ2v) is 6.52. The fraction of sp³-hybridized carbons (Fsp3) is 0.450. The van der Waals surface area contributed by atoms with Crippen LogP contribution in [0.4, 0.5) is 4.39 Å². The molecule has 1 aromatic rings. The van der Waals surface area contributed by atoms with Gasteiger partial charge in [-0.05, 0) is 12.1 Å². The molecule has 1 heterocycles. The number of ether oxygens (including phenoxy) is 2. The molecule has 0 saturated carbocycles. The van der Waals surface area contributed by atoms with Gasteiger partial charge in [-0.3, -0.25) is 19.2 Å². The van der Waals surface area contributed by atoms with Gasteiger partial charge in [-0.2, -0.15) is 0 Å². The first-order valence-corrected chi connectivity index (χ1v) is 9.19. The monoisotopic (exact) mass is 460 g/mol. The zero-order chi connectivity index (χ0) is 24.8. The second-order valence-electron chi connectivity index (χ2n) is 6.52. The molecule has 4 atom stereocenters. The summed E-state index contributed by atoms with van der Waals surface area (Å²) < 4.78 is 24.7. The Bertz CT molecular complexity index is 761. The number of halogens is 1. The molecule has 1 fully saturated rings. The maximum absolute atomic E-state index is 14.4. The summed E-state index contributed by atoms with van der Waals surface area (Å²) in [6.45, 7) is 1.75. The predicted octanol–water partition coefficient (Wildman–Crippen LogP) is 1.70. The highest BCUT2D eigenvalue weighted by atomic mass is 19.1. The molecule has 4 N–H and O–H groups in total. The average Bonchev–Trinajstić information content (AvgIpc) is 2.93. The molecule has 1 aromatic carbocycles. The van der Waals surface area contributed by atoms with E-state index in [1.165, 1.54) is 12.1 Å². The number of carboxylic acid groups (broad SMARTS) is 4. The van der Waals surface area contributed by atoms with Gasteiger partial charge < -0.3 is 29.9 Å². The van der Waals surface area contributed by atoms with Crippen molar-refractivity contribution in [3.63, 3.8) is 0 Å². The van der Waals surface area contributed by atoms with Gasteiger partial charge in [0, 0.05) is 19.8 Å². The van der Waals surface area contributed by atoms with Crippen LogP contribution < -0.4 is 0 Å². The Kier molecular flexibility index (Phi) is 12.9. The highest BCUT2D eigenvalue weighted by Crippen LogP contribution is 2.34. The Morgan fingerprint density at radius 1 is 0.875 bits per heavy atom. The number of hydrogen-bond acceptors (Lipinski definition) is 7. The van der Waals surface area contributed by atoms with E-state index < -0.39 is 73.6 Å². The second kappa shape index (κ2) is 14.5.